The lowest BCUT2D eigenvalue weighted by molar-refractivity contribution is 0.628. The lowest BCUT2D eigenvalue weighted by atomic mass is 10.1. The van der Waals surface area contributed by atoms with E-state index in [1.165, 1.54) is 6.07 Å². The van der Waals surface area contributed by atoms with Crippen LogP contribution in [0.5, 0.6) is 0 Å². The highest BCUT2D eigenvalue weighted by atomic mass is 35.5. The third kappa shape index (κ3) is 3.06. The second-order valence-corrected chi connectivity index (χ2v) is 4.40. The zero-order valence-electron chi connectivity index (χ0n) is 10.1. The Labute approximate surface area is 111 Å². The van der Waals surface area contributed by atoms with Crippen LogP contribution in [0.2, 0.25) is 5.02 Å². The molecule has 1 aromatic heterocycles. The van der Waals surface area contributed by atoms with Gasteiger partial charge in [0.15, 0.2) is 0 Å². The van der Waals surface area contributed by atoms with E-state index in [1.807, 2.05) is 12.3 Å². The largest absolute Gasteiger partial charge is 0.313 e. The van der Waals surface area contributed by atoms with E-state index in [1.54, 1.807) is 18.3 Å². The second kappa shape index (κ2) is 5.94. The number of nitrogens with zero attached hydrogens (tertiary/aromatic N) is 1. The maximum Gasteiger partial charge on any atom is 0.141 e. The van der Waals surface area contributed by atoms with Crippen molar-refractivity contribution >= 4 is 11.6 Å². The highest BCUT2D eigenvalue weighted by molar-refractivity contribution is 6.31. The molecule has 0 unspecified atom stereocenters. The molecule has 1 aromatic carbocycles. The number of benzene rings is 1. The number of hydrogen-bond acceptors (Lipinski definition) is 2. The van der Waals surface area contributed by atoms with E-state index in [0.717, 1.165) is 29.8 Å². The van der Waals surface area contributed by atoms with Gasteiger partial charge < -0.3 is 5.32 Å². The summed E-state index contributed by atoms with van der Waals surface area (Å²) in [6, 6.07) is 6.72. The van der Waals surface area contributed by atoms with E-state index >= 15 is 0 Å². The van der Waals surface area contributed by atoms with Crippen molar-refractivity contribution in [3.63, 3.8) is 0 Å². The molecule has 0 saturated heterocycles. The van der Waals surface area contributed by atoms with Gasteiger partial charge in [-0.15, -0.1) is 0 Å². The van der Waals surface area contributed by atoms with Crippen LogP contribution in [0.3, 0.4) is 0 Å². The molecule has 0 amide bonds. The van der Waals surface area contributed by atoms with Gasteiger partial charge in [0.05, 0.1) is 5.02 Å². The van der Waals surface area contributed by atoms with E-state index in [-0.39, 0.29) is 5.02 Å². The fourth-order valence-corrected chi connectivity index (χ4v) is 1.87. The summed E-state index contributed by atoms with van der Waals surface area (Å²) in [6.45, 7) is 3.73. The summed E-state index contributed by atoms with van der Waals surface area (Å²) in [5.41, 5.74) is 2.90. The van der Waals surface area contributed by atoms with Crippen LogP contribution in [-0.2, 0) is 6.54 Å². The highest BCUT2D eigenvalue weighted by Crippen LogP contribution is 2.24. The van der Waals surface area contributed by atoms with Gasteiger partial charge in [0.2, 0.25) is 0 Å². The number of halogens is 2. The van der Waals surface area contributed by atoms with Crippen LogP contribution >= 0.6 is 11.6 Å². The Morgan fingerprint density at radius 1 is 1.22 bits per heavy atom. The lowest BCUT2D eigenvalue weighted by Crippen LogP contribution is -2.11. The molecule has 1 N–H and O–H groups in total. The zero-order valence-corrected chi connectivity index (χ0v) is 10.8. The average molecular weight is 265 g/mol. The summed E-state index contributed by atoms with van der Waals surface area (Å²) in [5.74, 6) is -0.405. The first-order valence-electron chi connectivity index (χ1n) is 5.80. The Balaban J connectivity index is 2.29. The molecule has 0 saturated carbocycles. The van der Waals surface area contributed by atoms with Crippen molar-refractivity contribution < 1.29 is 4.39 Å². The standard InChI is InChI=1S/C14H14ClFN2/c1-2-17-7-10-5-12(9-18-8-10)11-3-4-14(16)13(15)6-11/h3-6,8-9,17H,2,7H2,1H3. The lowest BCUT2D eigenvalue weighted by Gasteiger charge is -2.06. The SMILES string of the molecule is CCNCc1cncc(-c2ccc(F)c(Cl)c2)c1. The van der Waals surface area contributed by atoms with E-state index in [0.29, 0.717) is 0 Å². The Morgan fingerprint density at radius 3 is 2.78 bits per heavy atom. The van der Waals surface area contributed by atoms with Crippen molar-refractivity contribution in [2.75, 3.05) is 6.54 Å². The number of pyridine rings is 1. The van der Waals surface area contributed by atoms with Crippen LogP contribution in [0.1, 0.15) is 12.5 Å². The Morgan fingerprint density at radius 2 is 2.06 bits per heavy atom. The van der Waals surface area contributed by atoms with Gasteiger partial charge in [0, 0.05) is 24.5 Å². The van der Waals surface area contributed by atoms with Crippen LogP contribution in [0.4, 0.5) is 4.39 Å². The third-order valence-corrected chi connectivity index (χ3v) is 2.92. The van der Waals surface area contributed by atoms with Crippen LogP contribution in [-0.4, -0.2) is 11.5 Å². The van der Waals surface area contributed by atoms with E-state index in [4.69, 9.17) is 11.6 Å². The molecule has 2 nitrogen and oxygen atoms in total. The Hall–Kier alpha value is -1.45. The van der Waals surface area contributed by atoms with Gasteiger partial charge >= 0.3 is 0 Å². The average Bonchev–Trinajstić information content (AvgIpc) is 2.40. The number of aromatic nitrogens is 1. The number of rotatable bonds is 4. The minimum atomic E-state index is -0.405. The quantitative estimate of drug-likeness (QED) is 0.912. The van der Waals surface area contributed by atoms with Gasteiger partial charge in [-0.05, 0) is 35.9 Å². The first-order valence-corrected chi connectivity index (χ1v) is 6.18. The molecule has 0 radical (unpaired) electrons. The molecule has 0 atom stereocenters. The van der Waals surface area contributed by atoms with Crippen molar-refractivity contribution in [1.82, 2.24) is 10.3 Å². The summed E-state index contributed by atoms with van der Waals surface area (Å²) in [6.07, 6.45) is 3.57. The fourth-order valence-electron chi connectivity index (χ4n) is 1.69. The molecule has 0 spiro atoms. The molecular formula is C14H14ClFN2. The highest BCUT2D eigenvalue weighted by Gasteiger charge is 2.04. The maximum atomic E-state index is 13.1. The smallest absolute Gasteiger partial charge is 0.141 e. The summed E-state index contributed by atoms with van der Waals surface area (Å²) in [5, 5.41) is 3.37. The predicted octanol–water partition coefficient (Wildman–Crippen LogP) is 3.65. The molecule has 0 aliphatic carbocycles. The zero-order chi connectivity index (χ0) is 13.0. The minimum absolute atomic E-state index is 0.129. The van der Waals surface area contributed by atoms with Gasteiger partial charge in [0.25, 0.3) is 0 Å². The molecule has 4 heteroatoms. The van der Waals surface area contributed by atoms with Crippen LogP contribution in [0.15, 0.2) is 36.7 Å². The number of nitrogens with one attached hydrogen (secondary N) is 1. The minimum Gasteiger partial charge on any atom is -0.313 e. The van der Waals surface area contributed by atoms with Crippen LogP contribution in [0.25, 0.3) is 11.1 Å². The van der Waals surface area contributed by atoms with Gasteiger partial charge in [-0.3, -0.25) is 4.98 Å². The van der Waals surface area contributed by atoms with Gasteiger partial charge in [0.1, 0.15) is 5.82 Å². The molecule has 0 aliphatic rings. The monoisotopic (exact) mass is 264 g/mol. The van der Waals surface area contributed by atoms with Crippen molar-refractivity contribution in [3.8, 4) is 11.1 Å². The summed E-state index contributed by atoms with van der Waals surface area (Å²) < 4.78 is 13.1. The maximum absolute atomic E-state index is 13.1. The Bertz CT molecular complexity index is 543. The molecule has 1 heterocycles. The van der Waals surface area contributed by atoms with Crippen molar-refractivity contribution in [2.24, 2.45) is 0 Å². The first kappa shape index (κ1) is 13.0. The van der Waals surface area contributed by atoms with E-state index in [9.17, 15) is 4.39 Å². The Kier molecular flexibility index (Phi) is 4.28. The molecule has 0 bridgehead atoms. The topological polar surface area (TPSA) is 24.9 Å². The third-order valence-electron chi connectivity index (χ3n) is 2.63. The predicted molar refractivity (Wildman–Crippen MR) is 72.0 cm³/mol. The second-order valence-electron chi connectivity index (χ2n) is 3.99. The van der Waals surface area contributed by atoms with Gasteiger partial charge in [-0.2, -0.15) is 0 Å². The molecule has 94 valence electrons. The molecule has 0 aliphatic heterocycles. The molecule has 0 fully saturated rings. The normalized spacial score (nSPS) is 10.6. The van der Waals surface area contributed by atoms with Gasteiger partial charge in [-0.1, -0.05) is 24.6 Å². The van der Waals surface area contributed by atoms with Crippen molar-refractivity contribution in [1.29, 1.82) is 0 Å². The van der Waals surface area contributed by atoms with Crippen molar-refractivity contribution in [3.05, 3.63) is 53.1 Å². The van der Waals surface area contributed by atoms with Gasteiger partial charge in [-0.25, -0.2) is 4.39 Å². The summed E-state index contributed by atoms with van der Waals surface area (Å²) in [7, 11) is 0. The molecule has 18 heavy (non-hydrogen) atoms. The fraction of sp³-hybridized carbons (Fsp3) is 0.214. The summed E-state index contributed by atoms with van der Waals surface area (Å²) >= 11 is 5.78. The molecule has 2 aromatic rings. The molecule has 2 rings (SSSR count). The van der Waals surface area contributed by atoms with Crippen LogP contribution in [0, 0.1) is 5.82 Å². The van der Waals surface area contributed by atoms with Crippen molar-refractivity contribution in [2.45, 2.75) is 13.5 Å². The summed E-state index contributed by atoms with van der Waals surface area (Å²) in [4.78, 5) is 4.19. The van der Waals surface area contributed by atoms with Crippen LogP contribution < -0.4 is 5.32 Å². The van der Waals surface area contributed by atoms with E-state index < -0.39 is 5.82 Å². The molecular weight excluding hydrogens is 251 g/mol. The first-order chi connectivity index (χ1) is 8.70. The number of hydrogen-bond donors (Lipinski definition) is 1. The van der Waals surface area contributed by atoms with E-state index in [2.05, 4.69) is 17.2 Å².